The number of carbonyl (C=O) groups excluding carboxylic acids is 1. The Kier molecular flexibility index (Phi) is 7.93. The third-order valence-corrected chi connectivity index (χ3v) is 7.19. The fourth-order valence-electron chi connectivity index (χ4n) is 3.92. The van der Waals surface area contributed by atoms with E-state index in [1.54, 1.807) is 11.8 Å². The van der Waals surface area contributed by atoms with Crippen molar-refractivity contribution in [1.29, 1.82) is 0 Å². The van der Waals surface area contributed by atoms with E-state index in [1.165, 1.54) is 32.1 Å². The lowest BCUT2D eigenvalue weighted by atomic mass is 10.1. The van der Waals surface area contributed by atoms with E-state index in [2.05, 4.69) is 58.1 Å². The molecule has 0 aliphatic carbocycles. The summed E-state index contributed by atoms with van der Waals surface area (Å²) in [5, 5.41) is 0. The average Bonchev–Trinajstić information content (AvgIpc) is 2.82. The molecule has 166 valence electrons. The Labute approximate surface area is 203 Å². The van der Waals surface area contributed by atoms with Crippen LogP contribution in [0.25, 0.3) is 0 Å². The van der Waals surface area contributed by atoms with Crippen LogP contribution in [-0.2, 0) is 0 Å². The van der Waals surface area contributed by atoms with E-state index in [1.807, 2.05) is 30.3 Å². The van der Waals surface area contributed by atoms with Crippen LogP contribution >= 0.6 is 27.7 Å². The number of nitrogens with zero attached hydrogens (tertiary/aromatic N) is 1. The van der Waals surface area contributed by atoms with Gasteiger partial charge in [-0.25, -0.2) is 0 Å². The molecule has 3 aromatic carbocycles. The summed E-state index contributed by atoms with van der Waals surface area (Å²) in [6, 6.07) is 20.5. The van der Waals surface area contributed by atoms with Gasteiger partial charge in [0, 0.05) is 25.5 Å². The summed E-state index contributed by atoms with van der Waals surface area (Å²) in [6.07, 6.45) is 8.47. The largest absolute Gasteiger partial charge is 0.494 e. The fourth-order valence-corrected chi connectivity index (χ4v) is 5.57. The van der Waals surface area contributed by atoms with Crippen LogP contribution in [0.4, 0.5) is 17.1 Å². The lowest BCUT2D eigenvalue weighted by molar-refractivity contribution is 0.112. The molecule has 32 heavy (non-hydrogen) atoms. The van der Waals surface area contributed by atoms with Crippen LogP contribution in [-0.4, -0.2) is 12.9 Å². The molecule has 1 aliphatic rings. The monoisotopic (exact) mass is 509 g/mol. The van der Waals surface area contributed by atoms with Crippen LogP contribution in [0.2, 0.25) is 0 Å². The highest BCUT2D eigenvalue weighted by Crippen LogP contribution is 2.52. The molecule has 1 aliphatic heterocycles. The summed E-state index contributed by atoms with van der Waals surface area (Å²) in [5.74, 6) is 0.904. The fraction of sp³-hybridized carbons (Fsp3) is 0.296. The van der Waals surface area contributed by atoms with Gasteiger partial charge in [0.25, 0.3) is 0 Å². The van der Waals surface area contributed by atoms with E-state index < -0.39 is 0 Å². The molecule has 0 amide bonds. The van der Waals surface area contributed by atoms with Crippen molar-refractivity contribution in [3.63, 3.8) is 0 Å². The second kappa shape index (κ2) is 11.1. The molecular formula is C27H28BrNO2S. The summed E-state index contributed by atoms with van der Waals surface area (Å²) in [4.78, 5) is 15.8. The topological polar surface area (TPSA) is 29.5 Å². The molecule has 5 heteroatoms. The number of halogens is 1. The van der Waals surface area contributed by atoms with Gasteiger partial charge in [-0.1, -0.05) is 66.7 Å². The van der Waals surface area contributed by atoms with Gasteiger partial charge in [0.2, 0.25) is 0 Å². The maximum absolute atomic E-state index is 11.3. The van der Waals surface area contributed by atoms with E-state index in [0.29, 0.717) is 5.56 Å². The molecule has 0 aromatic heterocycles. The van der Waals surface area contributed by atoms with E-state index in [-0.39, 0.29) is 0 Å². The minimum Gasteiger partial charge on any atom is -0.494 e. The van der Waals surface area contributed by atoms with Crippen molar-refractivity contribution < 1.29 is 9.53 Å². The van der Waals surface area contributed by atoms with E-state index in [9.17, 15) is 4.79 Å². The Balaban J connectivity index is 1.51. The van der Waals surface area contributed by atoms with Gasteiger partial charge < -0.3 is 9.64 Å². The summed E-state index contributed by atoms with van der Waals surface area (Å²) in [7, 11) is 0. The van der Waals surface area contributed by atoms with Gasteiger partial charge in [-0.15, -0.1) is 0 Å². The molecule has 0 bridgehead atoms. The molecule has 0 saturated carbocycles. The molecule has 1 heterocycles. The van der Waals surface area contributed by atoms with Gasteiger partial charge >= 0.3 is 0 Å². The van der Waals surface area contributed by atoms with Crippen molar-refractivity contribution in [2.45, 2.75) is 55.2 Å². The summed E-state index contributed by atoms with van der Waals surface area (Å²) in [5.41, 5.74) is 3.97. The Morgan fingerprint density at radius 3 is 2.31 bits per heavy atom. The molecule has 0 radical (unpaired) electrons. The first-order chi connectivity index (χ1) is 15.7. The average molecular weight is 510 g/mol. The number of hydrogen-bond acceptors (Lipinski definition) is 4. The zero-order valence-electron chi connectivity index (χ0n) is 18.4. The number of unbranched alkanes of at least 4 members (excludes halogenated alkanes) is 5. The van der Waals surface area contributed by atoms with Gasteiger partial charge in [-0.05, 0) is 67.1 Å². The highest BCUT2D eigenvalue weighted by molar-refractivity contribution is 9.10. The van der Waals surface area contributed by atoms with Crippen LogP contribution < -0.4 is 9.64 Å². The van der Waals surface area contributed by atoms with Crippen LogP contribution in [0.1, 0.15) is 55.8 Å². The third kappa shape index (κ3) is 5.38. The number of fused-ring (bicyclic) bond motifs is 2. The lowest BCUT2D eigenvalue weighted by Crippen LogP contribution is -2.15. The molecule has 0 fully saturated rings. The summed E-state index contributed by atoms with van der Waals surface area (Å²) in [6.45, 7) is 3.01. The zero-order chi connectivity index (χ0) is 22.3. The van der Waals surface area contributed by atoms with Gasteiger partial charge in [0.05, 0.1) is 18.0 Å². The first-order valence-electron chi connectivity index (χ1n) is 11.3. The molecule has 0 unspecified atom stereocenters. The number of rotatable bonds is 10. The molecule has 0 atom stereocenters. The van der Waals surface area contributed by atoms with Gasteiger partial charge in [0.15, 0.2) is 0 Å². The van der Waals surface area contributed by atoms with Crippen molar-refractivity contribution in [2.75, 3.05) is 11.5 Å². The first-order valence-corrected chi connectivity index (χ1v) is 12.9. The standard InChI is InChI=1S/C27H28BrNO2S/c1-2-3-4-5-6-7-16-31-23-12-10-22(11-13-23)29-24-14-8-20(19-30)17-26(24)32-27-18-21(28)9-15-25(27)29/h8-15,17-19H,2-7,16H2,1H3. The molecule has 0 N–H and O–H groups in total. The zero-order valence-corrected chi connectivity index (χ0v) is 20.8. The number of anilines is 3. The lowest BCUT2D eigenvalue weighted by Gasteiger charge is -2.33. The Morgan fingerprint density at radius 2 is 1.56 bits per heavy atom. The minimum absolute atomic E-state index is 0.688. The highest BCUT2D eigenvalue weighted by Gasteiger charge is 2.25. The Bertz CT molecular complexity index is 1070. The van der Waals surface area contributed by atoms with Gasteiger partial charge in [0.1, 0.15) is 12.0 Å². The maximum Gasteiger partial charge on any atom is 0.150 e. The number of aldehydes is 1. The maximum atomic E-state index is 11.3. The van der Waals surface area contributed by atoms with Crippen LogP contribution in [0.3, 0.4) is 0 Å². The van der Waals surface area contributed by atoms with E-state index in [4.69, 9.17) is 4.74 Å². The number of ether oxygens (including phenoxy) is 1. The van der Waals surface area contributed by atoms with E-state index in [0.717, 1.165) is 56.4 Å². The molecule has 0 saturated heterocycles. The molecular weight excluding hydrogens is 482 g/mol. The first kappa shape index (κ1) is 22.9. The Hall–Kier alpha value is -2.24. The second-order valence-corrected chi connectivity index (χ2v) is 10.0. The molecule has 4 rings (SSSR count). The third-order valence-electron chi connectivity index (χ3n) is 5.61. The van der Waals surface area contributed by atoms with Crippen molar-refractivity contribution >= 4 is 51.0 Å². The predicted octanol–water partition coefficient (Wildman–Crippen LogP) is 8.94. The normalized spacial score (nSPS) is 12.2. The van der Waals surface area contributed by atoms with Gasteiger partial charge in [-0.2, -0.15) is 0 Å². The molecule has 0 spiro atoms. The predicted molar refractivity (Wildman–Crippen MR) is 137 cm³/mol. The molecule has 3 nitrogen and oxygen atoms in total. The van der Waals surface area contributed by atoms with Gasteiger partial charge in [-0.3, -0.25) is 4.79 Å². The number of benzene rings is 3. The van der Waals surface area contributed by atoms with Crippen molar-refractivity contribution in [2.24, 2.45) is 0 Å². The SMILES string of the molecule is CCCCCCCCOc1ccc(N2c3ccc(Br)cc3Sc3cc(C=O)ccc32)cc1. The Morgan fingerprint density at radius 1 is 0.875 bits per heavy atom. The quantitative estimate of drug-likeness (QED) is 0.157. The molecule has 3 aromatic rings. The minimum atomic E-state index is 0.688. The second-order valence-electron chi connectivity index (χ2n) is 8.00. The smallest absolute Gasteiger partial charge is 0.150 e. The summed E-state index contributed by atoms with van der Waals surface area (Å²) < 4.78 is 7.01. The summed E-state index contributed by atoms with van der Waals surface area (Å²) >= 11 is 5.28. The number of hydrogen-bond donors (Lipinski definition) is 0. The number of carbonyl (C=O) groups is 1. The van der Waals surface area contributed by atoms with Crippen LogP contribution in [0.15, 0.2) is 74.9 Å². The van der Waals surface area contributed by atoms with Crippen LogP contribution in [0.5, 0.6) is 5.75 Å². The highest BCUT2D eigenvalue weighted by atomic mass is 79.9. The van der Waals surface area contributed by atoms with Crippen molar-refractivity contribution in [3.8, 4) is 5.75 Å². The van der Waals surface area contributed by atoms with E-state index >= 15 is 0 Å². The van der Waals surface area contributed by atoms with Crippen LogP contribution in [0, 0.1) is 0 Å². The van der Waals surface area contributed by atoms with Crippen molar-refractivity contribution in [1.82, 2.24) is 0 Å². The van der Waals surface area contributed by atoms with Crippen molar-refractivity contribution in [3.05, 3.63) is 70.7 Å².